The van der Waals surface area contributed by atoms with Crippen molar-refractivity contribution in [1.29, 1.82) is 0 Å². The standard InChI is InChI=1S/C28H38N4O3/c1-7-26(33)30(6)14-15-35-25-17-29-11-10-24(25)22-8-9-23(21(2)16-22)18-32-13-12-31(19-27(32)34)20-28(3,4)5/h7-11,16-17H,1,12-15,18-20H2,2-6H3. The molecule has 0 aliphatic carbocycles. The zero-order valence-corrected chi connectivity index (χ0v) is 21.7. The summed E-state index contributed by atoms with van der Waals surface area (Å²) in [6, 6.07) is 8.23. The number of ether oxygens (including phenoxy) is 1. The fraction of sp³-hybridized carbons (Fsp3) is 0.464. The number of carbonyl (C=O) groups is 2. The number of piperazine rings is 1. The molecule has 0 atom stereocenters. The van der Waals surface area contributed by atoms with Crippen LogP contribution in [0, 0.1) is 12.3 Å². The van der Waals surface area contributed by atoms with E-state index in [4.69, 9.17) is 4.74 Å². The molecular weight excluding hydrogens is 440 g/mol. The molecule has 0 radical (unpaired) electrons. The Hall–Kier alpha value is -3.19. The van der Waals surface area contributed by atoms with Crippen LogP contribution in [0.3, 0.4) is 0 Å². The monoisotopic (exact) mass is 478 g/mol. The number of nitrogens with zero attached hydrogens (tertiary/aromatic N) is 4. The molecule has 2 aromatic rings. The van der Waals surface area contributed by atoms with Crippen LogP contribution in [-0.4, -0.2) is 77.9 Å². The predicted octanol–water partition coefficient (Wildman–Crippen LogP) is 3.77. The Balaban J connectivity index is 1.65. The molecular formula is C28H38N4O3. The van der Waals surface area contributed by atoms with Crippen LogP contribution < -0.4 is 4.74 Å². The summed E-state index contributed by atoms with van der Waals surface area (Å²) in [5.41, 5.74) is 4.43. The fourth-order valence-corrected chi connectivity index (χ4v) is 4.27. The highest BCUT2D eigenvalue weighted by Gasteiger charge is 2.27. The van der Waals surface area contributed by atoms with E-state index in [1.54, 1.807) is 24.3 Å². The van der Waals surface area contributed by atoms with Crippen molar-refractivity contribution >= 4 is 11.8 Å². The normalized spacial score (nSPS) is 14.7. The molecule has 0 saturated carbocycles. The van der Waals surface area contributed by atoms with Crippen LogP contribution in [0.2, 0.25) is 0 Å². The van der Waals surface area contributed by atoms with Gasteiger partial charge in [0, 0.05) is 45.0 Å². The Morgan fingerprint density at radius 3 is 2.69 bits per heavy atom. The largest absolute Gasteiger partial charge is 0.489 e. The molecule has 1 aromatic carbocycles. The van der Waals surface area contributed by atoms with Crippen LogP contribution in [0.1, 0.15) is 31.9 Å². The van der Waals surface area contributed by atoms with Crippen molar-refractivity contribution in [3.05, 3.63) is 60.4 Å². The molecule has 1 fully saturated rings. The van der Waals surface area contributed by atoms with Crippen molar-refractivity contribution in [2.75, 3.05) is 46.4 Å². The lowest BCUT2D eigenvalue weighted by Crippen LogP contribution is -2.51. The first-order valence-electron chi connectivity index (χ1n) is 12.1. The summed E-state index contributed by atoms with van der Waals surface area (Å²) in [4.78, 5) is 34.4. The highest BCUT2D eigenvalue weighted by atomic mass is 16.5. The number of hydrogen-bond donors (Lipinski definition) is 0. The number of hydrogen-bond acceptors (Lipinski definition) is 5. The summed E-state index contributed by atoms with van der Waals surface area (Å²) in [7, 11) is 1.72. The first-order valence-corrected chi connectivity index (χ1v) is 12.1. The van der Waals surface area contributed by atoms with Gasteiger partial charge in [-0.15, -0.1) is 0 Å². The van der Waals surface area contributed by atoms with Gasteiger partial charge in [0.05, 0.1) is 19.3 Å². The number of amides is 2. The van der Waals surface area contributed by atoms with Gasteiger partial charge in [-0.1, -0.05) is 45.5 Å². The Morgan fingerprint density at radius 2 is 2.03 bits per heavy atom. The molecule has 2 heterocycles. The number of benzene rings is 1. The molecule has 188 valence electrons. The van der Waals surface area contributed by atoms with Crippen molar-refractivity contribution < 1.29 is 14.3 Å². The van der Waals surface area contributed by atoms with E-state index in [-0.39, 0.29) is 17.2 Å². The lowest BCUT2D eigenvalue weighted by Gasteiger charge is -2.37. The Labute approximate surface area is 209 Å². The van der Waals surface area contributed by atoms with Crippen molar-refractivity contribution in [3.8, 4) is 16.9 Å². The van der Waals surface area contributed by atoms with E-state index in [9.17, 15) is 9.59 Å². The summed E-state index contributed by atoms with van der Waals surface area (Å²) in [6.07, 6.45) is 4.73. The number of rotatable bonds is 9. The average Bonchev–Trinajstić information content (AvgIpc) is 2.80. The zero-order chi connectivity index (χ0) is 25.6. The van der Waals surface area contributed by atoms with Crippen LogP contribution >= 0.6 is 0 Å². The third-order valence-electron chi connectivity index (χ3n) is 6.13. The maximum Gasteiger partial charge on any atom is 0.245 e. The third-order valence-corrected chi connectivity index (χ3v) is 6.13. The minimum absolute atomic E-state index is 0.139. The van der Waals surface area contributed by atoms with E-state index in [2.05, 4.69) is 62.4 Å². The van der Waals surface area contributed by atoms with E-state index in [0.29, 0.717) is 32.0 Å². The van der Waals surface area contributed by atoms with Crippen LogP contribution in [0.5, 0.6) is 5.75 Å². The van der Waals surface area contributed by atoms with Gasteiger partial charge < -0.3 is 14.5 Å². The number of carbonyl (C=O) groups excluding carboxylic acids is 2. The lowest BCUT2D eigenvalue weighted by molar-refractivity contribution is -0.137. The van der Waals surface area contributed by atoms with Crippen LogP contribution in [-0.2, 0) is 16.1 Å². The molecule has 3 rings (SSSR count). The molecule has 1 aromatic heterocycles. The molecule has 0 unspecified atom stereocenters. The molecule has 7 nitrogen and oxygen atoms in total. The van der Waals surface area contributed by atoms with Crippen molar-refractivity contribution in [1.82, 2.24) is 19.7 Å². The molecule has 1 aliphatic heterocycles. The van der Waals surface area contributed by atoms with E-state index in [0.717, 1.165) is 41.9 Å². The van der Waals surface area contributed by atoms with Gasteiger partial charge in [0.15, 0.2) is 0 Å². The number of aromatic nitrogens is 1. The van der Waals surface area contributed by atoms with Gasteiger partial charge in [0.2, 0.25) is 11.8 Å². The molecule has 0 spiro atoms. The van der Waals surface area contributed by atoms with E-state index >= 15 is 0 Å². The summed E-state index contributed by atoms with van der Waals surface area (Å²) in [6.45, 7) is 16.7. The zero-order valence-electron chi connectivity index (χ0n) is 21.7. The quantitative estimate of drug-likeness (QED) is 0.514. The molecule has 1 aliphatic rings. The fourth-order valence-electron chi connectivity index (χ4n) is 4.27. The number of likely N-dealkylation sites (N-methyl/N-ethyl adjacent to an activating group) is 1. The van der Waals surface area contributed by atoms with Gasteiger partial charge in [0.1, 0.15) is 12.4 Å². The van der Waals surface area contributed by atoms with Gasteiger partial charge >= 0.3 is 0 Å². The smallest absolute Gasteiger partial charge is 0.245 e. The molecule has 2 amide bonds. The third kappa shape index (κ3) is 7.39. The van der Waals surface area contributed by atoms with Crippen LogP contribution in [0.15, 0.2) is 49.3 Å². The topological polar surface area (TPSA) is 66.0 Å². The van der Waals surface area contributed by atoms with E-state index in [1.807, 2.05) is 11.0 Å². The first-order chi connectivity index (χ1) is 16.6. The lowest BCUT2D eigenvalue weighted by atomic mass is 9.95. The van der Waals surface area contributed by atoms with Crippen LogP contribution in [0.25, 0.3) is 11.1 Å². The summed E-state index contributed by atoms with van der Waals surface area (Å²) >= 11 is 0. The SMILES string of the molecule is C=CC(=O)N(C)CCOc1cnccc1-c1ccc(CN2CCN(CC(C)(C)C)CC2=O)c(C)c1. The maximum absolute atomic E-state index is 12.8. The molecule has 0 N–H and O–H groups in total. The Kier molecular flexibility index (Phi) is 8.67. The van der Waals surface area contributed by atoms with E-state index < -0.39 is 0 Å². The van der Waals surface area contributed by atoms with E-state index in [1.165, 1.54) is 6.08 Å². The van der Waals surface area contributed by atoms with Gasteiger partial charge in [0.25, 0.3) is 0 Å². The van der Waals surface area contributed by atoms with Gasteiger partial charge in [-0.25, -0.2) is 0 Å². The summed E-state index contributed by atoms with van der Waals surface area (Å²) in [5.74, 6) is 0.721. The molecule has 0 bridgehead atoms. The minimum Gasteiger partial charge on any atom is -0.489 e. The van der Waals surface area contributed by atoms with Gasteiger partial charge in [-0.05, 0) is 41.2 Å². The van der Waals surface area contributed by atoms with Crippen LogP contribution in [0.4, 0.5) is 0 Å². The molecule has 35 heavy (non-hydrogen) atoms. The molecule has 1 saturated heterocycles. The van der Waals surface area contributed by atoms with Crippen molar-refractivity contribution in [2.45, 2.75) is 34.2 Å². The highest BCUT2D eigenvalue weighted by Crippen LogP contribution is 2.31. The second-order valence-electron chi connectivity index (χ2n) is 10.4. The minimum atomic E-state index is -0.139. The second-order valence-corrected chi connectivity index (χ2v) is 10.4. The number of aryl methyl sites for hydroxylation is 1. The van der Waals surface area contributed by atoms with Crippen molar-refractivity contribution in [3.63, 3.8) is 0 Å². The molecule has 7 heteroatoms. The predicted molar refractivity (Wildman–Crippen MR) is 139 cm³/mol. The highest BCUT2D eigenvalue weighted by molar-refractivity contribution is 5.86. The van der Waals surface area contributed by atoms with Gasteiger partial charge in [-0.2, -0.15) is 0 Å². The average molecular weight is 479 g/mol. The summed E-state index contributed by atoms with van der Waals surface area (Å²) < 4.78 is 5.96. The number of pyridine rings is 1. The second kappa shape index (κ2) is 11.5. The Morgan fingerprint density at radius 1 is 1.26 bits per heavy atom. The van der Waals surface area contributed by atoms with Gasteiger partial charge in [-0.3, -0.25) is 19.5 Å². The summed E-state index contributed by atoms with van der Waals surface area (Å²) in [5, 5.41) is 0. The maximum atomic E-state index is 12.8. The Bertz CT molecular complexity index is 1060. The first kappa shape index (κ1) is 26.4. The van der Waals surface area contributed by atoms with Crippen molar-refractivity contribution in [2.24, 2.45) is 5.41 Å².